The van der Waals surface area contributed by atoms with Gasteiger partial charge in [0.15, 0.2) is 41.5 Å². The molecule has 0 amide bonds. The third kappa shape index (κ3) is 1.95. The second-order valence-corrected chi connectivity index (χ2v) is 6.39. The van der Waals surface area contributed by atoms with Crippen molar-refractivity contribution in [3.8, 4) is 40.0 Å². The highest BCUT2D eigenvalue weighted by Gasteiger charge is 2.32. The maximum Gasteiger partial charge on any atom is 0.255 e. The third-order valence-corrected chi connectivity index (χ3v) is 5.11. The van der Waals surface area contributed by atoms with Crippen molar-refractivity contribution >= 4 is 10.8 Å². The second-order valence-electron chi connectivity index (χ2n) is 6.39. The normalized spacial score (nSPS) is 14.1. The Labute approximate surface area is 150 Å². The van der Waals surface area contributed by atoms with Crippen molar-refractivity contribution < 1.29 is 28.6 Å². The number of methoxy groups -OCH3 is 2. The molecular weight excluding hydrogens is 334 g/mol. The Morgan fingerprint density at radius 1 is 1.04 bits per heavy atom. The maximum absolute atomic E-state index is 11.1. The molecule has 5 rings (SSSR count). The van der Waals surface area contributed by atoms with Crippen molar-refractivity contribution in [2.24, 2.45) is 0 Å². The van der Waals surface area contributed by atoms with E-state index in [1.165, 1.54) is 0 Å². The lowest BCUT2D eigenvalue weighted by Crippen LogP contribution is -2.40. The molecule has 0 atom stereocenters. The predicted octanol–water partition coefficient (Wildman–Crippen LogP) is 2.80. The molecule has 0 bridgehead atoms. The van der Waals surface area contributed by atoms with Crippen LogP contribution in [0.5, 0.6) is 28.7 Å². The summed E-state index contributed by atoms with van der Waals surface area (Å²) in [5.41, 5.74) is 2.89. The van der Waals surface area contributed by atoms with E-state index >= 15 is 0 Å². The molecule has 0 saturated heterocycles. The largest absolute Gasteiger partial charge is 0.502 e. The molecule has 3 heterocycles. The number of hydrogen-bond acceptors (Lipinski definition) is 5. The number of aryl methyl sites for hydroxylation is 2. The van der Waals surface area contributed by atoms with E-state index in [0.29, 0.717) is 17.2 Å². The molecule has 6 heteroatoms. The zero-order valence-electron chi connectivity index (χ0n) is 14.5. The molecule has 132 valence electrons. The average molecular weight is 352 g/mol. The topological polar surface area (TPSA) is 61.0 Å². The SMILES string of the molecule is COc1ccc2c(O)c3[n+](cc2c1OC)CCc1cc2c(cc1-3)OCO2. The molecule has 1 aromatic heterocycles. The Morgan fingerprint density at radius 2 is 1.85 bits per heavy atom. The van der Waals surface area contributed by atoms with Crippen LogP contribution in [0.25, 0.3) is 22.0 Å². The minimum Gasteiger partial charge on any atom is -0.502 e. The second kappa shape index (κ2) is 5.42. The first kappa shape index (κ1) is 15.1. The summed E-state index contributed by atoms with van der Waals surface area (Å²) in [5.74, 6) is 2.96. The fourth-order valence-corrected chi connectivity index (χ4v) is 3.88. The number of aromatic nitrogens is 1. The smallest absolute Gasteiger partial charge is 0.255 e. The van der Waals surface area contributed by atoms with Gasteiger partial charge in [-0.25, -0.2) is 0 Å². The number of hydrogen-bond donors (Lipinski definition) is 1. The van der Waals surface area contributed by atoms with Crippen LogP contribution in [-0.2, 0) is 13.0 Å². The number of benzene rings is 2. The Hall–Kier alpha value is -3.15. The van der Waals surface area contributed by atoms with E-state index in [4.69, 9.17) is 18.9 Å². The number of pyridine rings is 1. The molecular formula is C20H18NO5+. The summed E-state index contributed by atoms with van der Waals surface area (Å²) < 4.78 is 24.0. The first-order valence-corrected chi connectivity index (χ1v) is 8.44. The molecule has 2 aromatic carbocycles. The number of aromatic hydroxyl groups is 1. The van der Waals surface area contributed by atoms with Gasteiger partial charge >= 0.3 is 0 Å². The first-order valence-electron chi connectivity index (χ1n) is 8.44. The Balaban J connectivity index is 1.81. The van der Waals surface area contributed by atoms with Crippen molar-refractivity contribution in [2.45, 2.75) is 13.0 Å². The fourth-order valence-electron chi connectivity index (χ4n) is 3.88. The lowest BCUT2D eigenvalue weighted by atomic mass is 9.94. The maximum atomic E-state index is 11.1. The molecule has 0 fully saturated rings. The lowest BCUT2D eigenvalue weighted by molar-refractivity contribution is -0.686. The fraction of sp³-hybridized carbons (Fsp3) is 0.250. The number of fused-ring (bicyclic) bond motifs is 5. The van der Waals surface area contributed by atoms with Crippen LogP contribution in [0.3, 0.4) is 0 Å². The Bertz CT molecular complexity index is 1060. The van der Waals surface area contributed by atoms with E-state index in [-0.39, 0.29) is 12.5 Å². The van der Waals surface area contributed by atoms with Crippen molar-refractivity contribution in [2.75, 3.05) is 21.0 Å². The van der Waals surface area contributed by atoms with Gasteiger partial charge in [0, 0.05) is 11.8 Å². The van der Waals surface area contributed by atoms with Crippen LogP contribution in [0.2, 0.25) is 0 Å². The van der Waals surface area contributed by atoms with Crippen molar-refractivity contribution in [3.63, 3.8) is 0 Å². The minimum atomic E-state index is 0.225. The summed E-state index contributed by atoms with van der Waals surface area (Å²) in [6.07, 6.45) is 2.86. The molecule has 0 radical (unpaired) electrons. The van der Waals surface area contributed by atoms with Crippen LogP contribution in [0.1, 0.15) is 5.56 Å². The molecule has 1 N–H and O–H groups in total. The van der Waals surface area contributed by atoms with E-state index in [1.807, 2.05) is 24.4 Å². The average Bonchev–Trinajstić information content (AvgIpc) is 3.12. The summed E-state index contributed by atoms with van der Waals surface area (Å²) in [6, 6.07) is 7.63. The van der Waals surface area contributed by atoms with Gasteiger partial charge in [0.05, 0.1) is 25.2 Å². The van der Waals surface area contributed by atoms with Gasteiger partial charge in [-0.05, 0) is 29.8 Å². The lowest BCUT2D eigenvalue weighted by Gasteiger charge is -2.18. The quantitative estimate of drug-likeness (QED) is 0.719. The van der Waals surface area contributed by atoms with Crippen LogP contribution in [-0.4, -0.2) is 26.1 Å². The molecule has 26 heavy (non-hydrogen) atoms. The molecule has 0 saturated carbocycles. The van der Waals surface area contributed by atoms with Gasteiger partial charge in [-0.2, -0.15) is 4.57 Å². The van der Waals surface area contributed by atoms with Gasteiger partial charge in [0.1, 0.15) is 0 Å². The standard InChI is InChI=1S/C20H17NO5/c1-23-15-4-3-12-14(20(15)24-2)9-21-6-5-11-7-16-17(26-10-25-16)8-13(11)18(21)19(12)22/h3-4,7-9H,5-6,10H2,1-2H3/p+1. The van der Waals surface area contributed by atoms with Crippen LogP contribution in [0.15, 0.2) is 30.5 Å². The highest BCUT2D eigenvalue weighted by atomic mass is 16.7. The van der Waals surface area contributed by atoms with Gasteiger partial charge < -0.3 is 24.1 Å². The summed E-state index contributed by atoms with van der Waals surface area (Å²) in [6.45, 7) is 0.991. The molecule has 0 unspecified atom stereocenters. The van der Waals surface area contributed by atoms with E-state index in [9.17, 15) is 5.11 Å². The summed E-state index contributed by atoms with van der Waals surface area (Å²) in [7, 11) is 3.21. The van der Waals surface area contributed by atoms with E-state index < -0.39 is 0 Å². The van der Waals surface area contributed by atoms with Crippen molar-refractivity contribution in [1.82, 2.24) is 0 Å². The third-order valence-electron chi connectivity index (χ3n) is 5.11. The van der Waals surface area contributed by atoms with Crippen LogP contribution in [0, 0.1) is 0 Å². The van der Waals surface area contributed by atoms with E-state index in [0.717, 1.165) is 46.3 Å². The highest BCUT2D eigenvalue weighted by molar-refractivity contribution is 5.97. The van der Waals surface area contributed by atoms with E-state index in [1.54, 1.807) is 20.3 Å². The Morgan fingerprint density at radius 3 is 2.62 bits per heavy atom. The van der Waals surface area contributed by atoms with E-state index in [2.05, 4.69) is 4.57 Å². The zero-order chi connectivity index (χ0) is 17.8. The Kier molecular flexibility index (Phi) is 3.16. The number of rotatable bonds is 2. The van der Waals surface area contributed by atoms with Crippen molar-refractivity contribution in [3.05, 3.63) is 36.0 Å². The molecule has 0 spiro atoms. The molecule has 6 nitrogen and oxygen atoms in total. The monoisotopic (exact) mass is 352 g/mol. The highest BCUT2D eigenvalue weighted by Crippen LogP contribution is 2.45. The molecule has 2 aliphatic rings. The minimum absolute atomic E-state index is 0.225. The summed E-state index contributed by atoms with van der Waals surface area (Å²) in [5, 5.41) is 12.6. The van der Waals surface area contributed by atoms with Crippen molar-refractivity contribution in [1.29, 1.82) is 0 Å². The van der Waals surface area contributed by atoms with Crippen LogP contribution < -0.4 is 23.5 Å². The number of ether oxygens (including phenoxy) is 4. The zero-order valence-corrected chi connectivity index (χ0v) is 14.5. The van der Waals surface area contributed by atoms with Gasteiger partial charge in [-0.15, -0.1) is 0 Å². The predicted molar refractivity (Wildman–Crippen MR) is 94.2 cm³/mol. The van der Waals surface area contributed by atoms with Crippen LogP contribution in [0.4, 0.5) is 0 Å². The molecule has 0 aliphatic carbocycles. The van der Waals surface area contributed by atoms with Gasteiger partial charge in [0.25, 0.3) is 5.69 Å². The van der Waals surface area contributed by atoms with Gasteiger partial charge in [-0.3, -0.25) is 0 Å². The van der Waals surface area contributed by atoms with Gasteiger partial charge in [-0.1, -0.05) is 0 Å². The van der Waals surface area contributed by atoms with Gasteiger partial charge in [0.2, 0.25) is 6.79 Å². The van der Waals surface area contributed by atoms with Crippen LogP contribution >= 0.6 is 0 Å². The summed E-state index contributed by atoms with van der Waals surface area (Å²) in [4.78, 5) is 0. The molecule has 3 aromatic rings. The first-order chi connectivity index (χ1) is 12.7. The molecule has 2 aliphatic heterocycles. The summed E-state index contributed by atoms with van der Waals surface area (Å²) >= 11 is 0. The number of nitrogens with zero attached hydrogens (tertiary/aromatic N) is 1.